The molecule has 1 N–H and O–H groups in total. The molecule has 0 aliphatic carbocycles. The molecule has 0 fully saturated rings. The number of thioether (sulfide) groups is 1. The first-order chi connectivity index (χ1) is 12.1. The Labute approximate surface area is 149 Å². The van der Waals surface area contributed by atoms with Crippen molar-refractivity contribution in [3.05, 3.63) is 48.3 Å². The Morgan fingerprint density at radius 2 is 2.00 bits per heavy atom. The molecule has 7 heteroatoms. The second-order valence-corrected chi connectivity index (χ2v) is 6.82. The minimum absolute atomic E-state index is 0.275. The molecule has 3 rings (SSSR count). The Balaban J connectivity index is 1.79. The van der Waals surface area contributed by atoms with Gasteiger partial charge in [-0.15, -0.1) is 10.2 Å². The molecule has 0 amide bonds. The van der Waals surface area contributed by atoms with Crippen molar-refractivity contribution in [2.24, 2.45) is 0 Å². The van der Waals surface area contributed by atoms with E-state index in [1.165, 1.54) is 11.8 Å². The number of carbonyl (C=O) groups is 1. The monoisotopic (exact) mass is 357 g/mol. The molecule has 1 atom stereocenters. The Bertz CT molecular complexity index is 889. The highest BCUT2D eigenvalue weighted by Crippen LogP contribution is 2.27. The second kappa shape index (κ2) is 7.57. The molecule has 1 heterocycles. The van der Waals surface area contributed by atoms with Gasteiger partial charge in [0.05, 0.1) is 0 Å². The lowest BCUT2D eigenvalue weighted by Gasteiger charge is -2.11. The SMILES string of the molecule is CCn1c(COc2cccc3ccccc23)nnc1SC(C)C(=O)O. The van der Waals surface area contributed by atoms with Crippen LogP contribution in [0.2, 0.25) is 0 Å². The lowest BCUT2D eigenvalue weighted by molar-refractivity contribution is -0.136. The maximum atomic E-state index is 11.0. The number of aliphatic carboxylic acids is 1. The molecule has 25 heavy (non-hydrogen) atoms. The van der Waals surface area contributed by atoms with Crippen molar-refractivity contribution in [3.63, 3.8) is 0 Å². The smallest absolute Gasteiger partial charge is 0.316 e. The van der Waals surface area contributed by atoms with Crippen LogP contribution < -0.4 is 4.74 Å². The normalized spacial score (nSPS) is 12.2. The fourth-order valence-corrected chi connectivity index (χ4v) is 3.37. The van der Waals surface area contributed by atoms with Crippen LogP contribution in [0.1, 0.15) is 19.7 Å². The summed E-state index contributed by atoms with van der Waals surface area (Å²) in [7, 11) is 0. The largest absolute Gasteiger partial charge is 0.485 e. The Morgan fingerprint density at radius 1 is 1.24 bits per heavy atom. The highest BCUT2D eigenvalue weighted by molar-refractivity contribution is 8.00. The van der Waals surface area contributed by atoms with E-state index in [1.807, 2.05) is 54.0 Å². The van der Waals surface area contributed by atoms with Gasteiger partial charge < -0.3 is 14.4 Å². The Kier molecular flexibility index (Phi) is 5.23. The van der Waals surface area contributed by atoms with Gasteiger partial charge in [-0.3, -0.25) is 4.79 Å². The zero-order valence-corrected chi connectivity index (χ0v) is 14.9. The molecule has 6 nitrogen and oxygen atoms in total. The fraction of sp³-hybridized carbons (Fsp3) is 0.278. The van der Waals surface area contributed by atoms with Crippen molar-refractivity contribution in [1.82, 2.24) is 14.8 Å². The zero-order chi connectivity index (χ0) is 17.8. The van der Waals surface area contributed by atoms with Crippen molar-refractivity contribution in [2.75, 3.05) is 0 Å². The van der Waals surface area contributed by atoms with E-state index in [-0.39, 0.29) is 6.61 Å². The molecule has 0 saturated carbocycles. The molecule has 0 aliphatic heterocycles. The third-order valence-corrected chi connectivity index (χ3v) is 4.91. The second-order valence-electron chi connectivity index (χ2n) is 5.51. The van der Waals surface area contributed by atoms with E-state index in [4.69, 9.17) is 9.84 Å². The molecule has 3 aromatic rings. The summed E-state index contributed by atoms with van der Waals surface area (Å²) in [6.07, 6.45) is 0. The van der Waals surface area contributed by atoms with Crippen LogP contribution in [-0.4, -0.2) is 31.1 Å². The highest BCUT2D eigenvalue weighted by Gasteiger charge is 2.19. The van der Waals surface area contributed by atoms with E-state index in [1.54, 1.807) is 6.92 Å². The summed E-state index contributed by atoms with van der Waals surface area (Å²) >= 11 is 1.18. The van der Waals surface area contributed by atoms with Gasteiger partial charge in [0.15, 0.2) is 11.0 Å². The molecular weight excluding hydrogens is 338 g/mol. The van der Waals surface area contributed by atoms with Gasteiger partial charge in [-0.05, 0) is 25.3 Å². The van der Waals surface area contributed by atoms with Gasteiger partial charge in [0.2, 0.25) is 0 Å². The third-order valence-electron chi connectivity index (χ3n) is 3.85. The topological polar surface area (TPSA) is 77.2 Å². The number of ether oxygens (including phenoxy) is 1. The molecule has 0 saturated heterocycles. The standard InChI is InChI=1S/C18H19N3O3S/c1-3-21-16(19-20-18(21)25-12(2)17(22)23)11-24-15-10-6-8-13-7-4-5-9-14(13)15/h4-10,12H,3,11H2,1-2H3,(H,22,23). The van der Waals surface area contributed by atoms with Crippen LogP contribution in [0.25, 0.3) is 10.8 Å². The van der Waals surface area contributed by atoms with Gasteiger partial charge in [-0.25, -0.2) is 0 Å². The number of aromatic nitrogens is 3. The first kappa shape index (κ1) is 17.3. The lowest BCUT2D eigenvalue weighted by Crippen LogP contribution is -2.13. The first-order valence-electron chi connectivity index (χ1n) is 8.02. The maximum absolute atomic E-state index is 11.0. The number of rotatable bonds is 7. The number of hydrogen-bond acceptors (Lipinski definition) is 5. The van der Waals surface area contributed by atoms with Crippen molar-refractivity contribution in [2.45, 2.75) is 37.4 Å². The van der Waals surface area contributed by atoms with Crippen molar-refractivity contribution < 1.29 is 14.6 Å². The minimum Gasteiger partial charge on any atom is -0.485 e. The van der Waals surface area contributed by atoms with Crippen LogP contribution in [0.15, 0.2) is 47.6 Å². The number of benzene rings is 2. The van der Waals surface area contributed by atoms with Crippen molar-refractivity contribution in [3.8, 4) is 5.75 Å². The maximum Gasteiger partial charge on any atom is 0.316 e. The van der Waals surface area contributed by atoms with Gasteiger partial charge in [0.1, 0.15) is 17.6 Å². The van der Waals surface area contributed by atoms with Gasteiger partial charge in [-0.1, -0.05) is 48.2 Å². The number of hydrogen-bond donors (Lipinski definition) is 1. The average Bonchev–Trinajstić information content (AvgIpc) is 3.01. The van der Waals surface area contributed by atoms with Gasteiger partial charge in [0.25, 0.3) is 0 Å². The van der Waals surface area contributed by atoms with Crippen molar-refractivity contribution >= 4 is 28.5 Å². The molecule has 0 radical (unpaired) electrons. The van der Waals surface area contributed by atoms with E-state index in [2.05, 4.69) is 10.2 Å². The minimum atomic E-state index is -0.871. The number of fused-ring (bicyclic) bond motifs is 1. The zero-order valence-electron chi connectivity index (χ0n) is 14.0. The van der Waals surface area contributed by atoms with Crippen LogP contribution in [0, 0.1) is 0 Å². The molecular formula is C18H19N3O3S. The van der Waals surface area contributed by atoms with Gasteiger partial charge in [0, 0.05) is 11.9 Å². The predicted molar refractivity (Wildman–Crippen MR) is 96.9 cm³/mol. The molecule has 130 valence electrons. The summed E-state index contributed by atoms with van der Waals surface area (Å²) in [4.78, 5) is 11.0. The summed E-state index contributed by atoms with van der Waals surface area (Å²) in [6, 6.07) is 14.0. The summed E-state index contributed by atoms with van der Waals surface area (Å²) in [5, 5.41) is 19.5. The Morgan fingerprint density at radius 3 is 2.76 bits per heavy atom. The summed E-state index contributed by atoms with van der Waals surface area (Å²) < 4.78 is 7.85. The Hall–Kier alpha value is -2.54. The van der Waals surface area contributed by atoms with Gasteiger partial charge >= 0.3 is 5.97 Å². The van der Waals surface area contributed by atoms with Crippen LogP contribution in [0.5, 0.6) is 5.75 Å². The number of nitrogens with zero attached hydrogens (tertiary/aromatic N) is 3. The molecule has 1 aromatic heterocycles. The predicted octanol–water partition coefficient (Wildman–Crippen LogP) is 3.60. The molecule has 1 unspecified atom stereocenters. The van der Waals surface area contributed by atoms with Crippen LogP contribution in [0.4, 0.5) is 0 Å². The van der Waals surface area contributed by atoms with Crippen molar-refractivity contribution in [1.29, 1.82) is 0 Å². The highest BCUT2D eigenvalue weighted by atomic mass is 32.2. The lowest BCUT2D eigenvalue weighted by atomic mass is 10.1. The third kappa shape index (κ3) is 3.76. The summed E-state index contributed by atoms with van der Waals surface area (Å²) in [5.41, 5.74) is 0. The van der Waals surface area contributed by atoms with Crippen LogP contribution >= 0.6 is 11.8 Å². The number of carboxylic acid groups (broad SMARTS) is 1. The number of carboxylic acids is 1. The van der Waals surface area contributed by atoms with E-state index in [9.17, 15) is 4.79 Å². The summed E-state index contributed by atoms with van der Waals surface area (Å²) in [5.74, 6) is 0.594. The molecule has 2 aromatic carbocycles. The summed E-state index contributed by atoms with van der Waals surface area (Å²) in [6.45, 7) is 4.53. The first-order valence-corrected chi connectivity index (χ1v) is 8.90. The van der Waals surface area contributed by atoms with Gasteiger partial charge in [-0.2, -0.15) is 0 Å². The molecule has 0 bridgehead atoms. The van der Waals surface area contributed by atoms with Crippen LogP contribution in [0.3, 0.4) is 0 Å². The quantitative estimate of drug-likeness (QED) is 0.651. The van der Waals surface area contributed by atoms with E-state index < -0.39 is 11.2 Å². The fourth-order valence-electron chi connectivity index (χ4n) is 2.50. The molecule has 0 aliphatic rings. The molecule has 0 spiro atoms. The van der Waals surface area contributed by atoms with Crippen LogP contribution in [-0.2, 0) is 17.9 Å². The van der Waals surface area contributed by atoms with E-state index >= 15 is 0 Å². The van der Waals surface area contributed by atoms with E-state index in [0.717, 1.165) is 16.5 Å². The average molecular weight is 357 g/mol. The van der Waals surface area contributed by atoms with E-state index in [0.29, 0.717) is 17.5 Å².